The van der Waals surface area contributed by atoms with Gasteiger partial charge in [0.1, 0.15) is 5.75 Å². The van der Waals surface area contributed by atoms with E-state index < -0.39 is 0 Å². The monoisotopic (exact) mass is 249 g/mol. The zero-order chi connectivity index (χ0) is 13.5. The van der Waals surface area contributed by atoms with Crippen molar-refractivity contribution in [1.29, 1.82) is 0 Å². The first-order valence-corrected chi connectivity index (χ1v) is 7.13. The Morgan fingerprint density at radius 3 is 2.33 bits per heavy atom. The standard InChI is InChI=1S/C16H27NO/c1-5-16(13(4)12-17(6-2)7-3)14-9-8-10-15(18)11-14/h8-11,13,16,18H,5-7,12H2,1-4H3. The zero-order valence-electron chi connectivity index (χ0n) is 12.2. The van der Waals surface area contributed by atoms with Crippen molar-refractivity contribution in [3.63, 3.8) is 0 Å². The third-order valence-corrected chi connectivity index (χ3v) is 3.87. The van der Waals surface area contributed by atoms with Gasteiger partial charge in [-0.05, 0) is 49.0 Å². The second-order valence-corrected chi connectivity index (χ2v) is 5.07. The fraction of sp³-hybridized carbons (Fsp3) is 0.625. The van der Waals surface area contributed by atoms with Crippen molar-refractivity contribution in [3.8, 4) is 5.75 Å². The van der Waals surface area contributed by atoms with Crippen LogP contribution in [0.2, 0.25) is 0 Å². The van der Waals surface area contributed by atoms with Crippen LogP contribution in [0.25, 0.3) is 0 Å². The summed E-state index contributed by atoms with van der Waals surface area (Å²) in [6.45, 7) is 12.3. The van der Waals surface area contributed by atoms with Gasteiger partial charge in [0.2, 0.25) is 0 Å². The van der Waals surface area contributed by atoms with E-state index in [2.05, 4.69) is 38.7 Å². The second-order valence-electron chi connectivity index (χ2n) is 5.07. The second kappa shape index (κ2) is 7.42. The largest absolute Gasteiger partial charge is 0.508 e. The third kappa shape index (κ3) is 4.02. The van der Waals surface area contributed by atoms with E-state index in [1.807, 2.05) is 12.1 Å². The van der Waals surface area contributed by atoms with Crippen LogP contribution in [0.3, 0.4) is 0 Å². The third-order valence-electron chi connectivity index (χ3n) is 3.87. The molecule has 0 spiro atoms. The molecule has 1 N–H and O–H groups in total. The Labute approximate surface area is 112 Å². The molecule has 0 aliphatic carbocycles. The number of hydrogen-bond donors (Lipinski definition) is 1. The van der Waals surface area contributed by atoms with E-state index in [-0.39, 0.29) is 0 Å². The molecule has 2 nitrogen and oxygen atoms in total. The maximum absolute atomic E-state index is 9.60. The molecule has 0 saturated carbocycles. The normalized spacial score (nSPS) is 14.7. The van der Waals surface area contributed by atoms with Gasteiger partial charge >= 0.3 is 0 Å². The minimum Gasteiger partial charge on any atom is -0.508 e. The predicted molar refractivity (Wildman–Crippen MR) is 78.1 cm³/mol. The lowest BCUT2D eigenvalue weighted by Gasteiger charge is -2.29. The topological polar surface area (TPSA) is 23.5 Å². The highest BCUT2D eigenvalue weighted by atomic mass is 16.3. The van der Waals surface area contributed by atoms with Gasteiger partial charge in [-0.3, -0.25) is 0 Å². The van der Waals surface area contributed by atoms with Crippen molar-refractivity contribution in [3.05, 3.63) is 29.8 Å². The van der Waals surface area contributed by atoms with Crippen LogP contribution in [0.15, 0.2) is 24.3 Å². The van der Waals surface area contributed by atoms with E-state index in [4.69, 9.17) is 0 Å². The van der Waals surface area contributed by atoms with Crippen LogP contribution < -0.4 is 0 Å². The first-order valence-electron chi connectivity index (χ1n) is 7.13. The highest BCUT2D eigenvalue weighted by Crippen LogP contribution is 2.30. The van der Waals surface area contributed by atoms with Gasteiger partial charge in [-0.15, -0.1) is 0 Å². The number of phenols is 1. The number of benzene rings is 1. The summed E-state index contributed by atoms with van der Waals surface area (Å²) in [6, 6.07) is 7.72. The number of hydrogen-bond acceptors (Lipinski definition) is 2. The molecule has 1 aromatic rings. The van der Waals surface area contributed by atoms with Crippen LogP contribution in [-0.2, 0) is 0 Å². The maximum atomic E-state index is 9.60. The van der Waals surface area contributed by atoms with Crippen molar-refractivity contribution in [1.82, 2.24) is 4.90 Å². The van der Waals surface area contributed by atoms with E-state index in [9.17, 15) is 5.11 Å². The summed E-state index contributed by atoms with van der Waals surface area (Å²) in [7, 11) is 0. The number of rotatable bonds is 7. The van der Waals surface area contributed by atoms with E-state index in [0.717, 1.165) is 26.1 Å². The molecule has 102 valence electrons. The van der Waals surface area contributed by atoms with Crippen LogP contribution in [0, 0.1) is 5.92 Å². The molecule has 0 aromatic heterocycles. The Morgan fingerprint density at radius 2 is 1.83 bits per heavy atom. The molecule has 1 aromatic carbocycles. The first kappa shape index (κ1) is 15.0. The molecular weight excluding hydrogens is 222 g/mol. The van der Waals surface area contributed by atoms with E-state index in [1.165, 1.54) is 5.56 Å². The van der Waals surface area contributed by atoms with E-state index >= 15 is 0 Å². The van der Waals surface area contributed by atoms with Crippen LogP contribution in [0.4, 0.5) is 0 Å². The van der Waals surface area contributed by atoms with Gasteiger partial charge < -0.3 is 10.0 Å². The van der Waals surface area contributed by atoms with Crippen molar-refractivity contribution in [2.24, 2.45) is 5.92 Å². The van der Waals surface area contributed by atoms with Gasteiger partial charge in [0, 0.05) is 6.54 Å². The van der Waals surface area contributed by atoms with Crippen molar-refractivity contribution in [2.45, 2.75) is 40.0 Å². The molecule has 0 heterocycles. The molecular formula is C16H27NO. The highest BCUT2D eigenvalue weighted by Gasteiger charge is 2.19. The summed E-state index contributed by atoms with van der Waals surface area (Å²) in [6.07, 6.45) is 1.12. The molecule has 2 unspecified atom stereocenters. The highest BCUT2D eigenvalue weighted by molar-refractivity contribution is 5.30. The Hall–Kier alpha value is -1.02. The predicted octanol–water partition coefficient (Wildman–Crippen LogP) is 3.86. The molecule has 0 aliphatic heterocycles. The summed E-state index contributed by atoms with van der Waals surface area (Å²) in [5, 5.41) is 9.60. The van der Waals surface area contributed by atoms with Gasteiger partial charge in [-0.25, -0.2) is 0 Å². The average Bonchev–Trinajstić information content (AvgIpc) is 2.37. The van der Waals surface area contributed by atoms with E-state index in [0.29, 0.717) is 17.6 Å². The van der Waals surface area contributed by atoms with Gasteiger partial charge in [0.15, 0.2) is 0 Å². The Kier molecular flexibility index (Phi) is 6.20. The summed E-state index contributed by atoms with van der Waals surface area (Å²) >= 11 is 0. The van der Waals surface area contributed by atoms with Gasteiger partial charge in [-0.1, -0.05) is 39.8 Å². The minimum atomic E-state index is 0.376. The molecule has 0 radical (unpaired) electrons. The summed E-state index contributed by atoms with van der Waals surface area (Å²) < 4.78 is 0. The van der Waals surface area contributed by atoms with Crippen molar-refractivity contribution < 1.29 is 5.11 Å². The molecule has 0 saturated heterocycles. The van der Waals surface area contributed by atoms with Gasteiger partial charge in [-0.2, -0.15) is 0 Å². The van der Waals surface area contributed by atoms with Crippen LogP contribution >= 0.6 is 0 Å². The van der Waals surface area contributed by atoms with Crippen molar-refractivity contribution >= 4 is 0 Å². The minimum absolute atomic E-state index is 0.376. The average molecular weight is 249 g/mol. The molecule has 0 amide bonds. The molecule has 2 atom stereocenters. The number of phenolic OH excluding ortho intramolecular Hbond substituents is 1. The van der Waals surface area contributed by atoms with Gasteiger partial charge in [0.05, 0.1) is 0 Å². The smallest absolute Gasteiger partial charge is 0.115 e. The fourth-order valence-corrected chi connectivity index (χ4v) is 2.74. The zero-order valence-corrected chi connectivity index (χ0v) is 12.2. The van der Waals surface area contributed by atoms with Crippen LogP contribution in [-0.4, -0.2) is 29.6 Å². The lowest BCUT2D eigenvalue weighted by Crippen LogP contribution is -2.30. The Morgan fingerprint density at radius 1 is 1.17 bits per heavy atom. The summed E-state index contributed by atoms with van der Waals surface area (Å²) in [5.41, 5.74) is 1.26. The lowest BCUT2D eigenvalue weighted by molar-refractivity contribution is 0.239. The molecule has 2 heteroatoms. The Bertz CT molecular complexity index is 347. The summed E-state index contributed by atoms with van der Waals surface area (Å²) in [4.78, 5) is 2.47. The van der Waals surface area contributed by atoms with Crippen LogP contribution in [0.5, 0.6) is 5.75 Å². The first-order chi connectivity index (χ1) is 8.62. The number of nitrogens with zero attached hydrogens (tertiary/aromatic N) is 1. The maximum Gasteiger partial charge on any atom is 0.115 e. The molecule has 1 rings (SSSR count). The van der Waals surface area contributed by atoms with Gasteiger partial charge in [0.25, 0.3) is 0 Å². The summed E-state index contributed by atoms with van der Waals surface area (Å²) in [5.74, 6) is 1.51. The lowest BCUT2D eigenvalue weighted by atomic mass is 9.84. The van der Waals surface area contributed by atoms with Crippen LogP contribution in [0.1, 0.15) is 45.6 Å². The number of aromatic hydroxyl groups is 1. The fourth-order valence-electron chi connectivity index (χ4n) is 2.74. The molecule has 18 heavy (non-hydrogen) atoms. The van der Waals surface area contributed by atoms with E-state index in [1.54, 1.807) is 6.07 Å². The quantitative estimate of drug-likeness (QED) is 0.793. The SMILES string of the molecule is CCC(c1cccc(O)c1)C(C)CN(CC)CC. The molecule has 0 fully saturated rings. The Balaban J connectivity index is 2.76. The molecule has 0 aliphatic rings. The van der Waals surface area contributed by atoms with Crippen molar-refractivity contribution in [2.75, 3.05) is 19.6 Å². The molecule has 0 bridgehead atoms.